The lowest BCUT2D eigenvalue weighted by Crippen LogP contribution is -2.35. The Morgan fingerprint density at radius 1 is 1.19 bits per heavy atom. The van der Waals surface area contributed by atoms with E-state index in [-0.39, 0.29) is 12.5 Å². The van der Waals surface area contributed by atoms with Crippen LogP contribution in [0.4, 0.5) is 4.39 Å². The van der Waals surface area contributed by atoms with Gasteiger partial charge in [0.15, 0.2) is 9.84 Å². The Bertz CT molecular complexity index is 1600. The minimum atomic E-state index is -3.39. The molecule has 2 unspecified atom stereocenters. The molecule has 9 heteroatoms. The first-order valence-corrected chi connectivity index (χ1v) is 13.4. The van der Waals surface area contributed by atoms with Crippen molar-refractivity contribution in [1.82, 2.24) is 15.3 Å². The number of nitrogens with one attached hydrogen (secondary N) is 2. The van der Waals surface area contributed by atoms with Crippen molar-refractivity contribution < 1.29 is 17.6 Å². The molecule has 7 nitrogen and oxygen atoms in total. The van der Waals surface area contributed by atoms with Gasteiger partial charge in [-0.1, -0.05) is 18.2 Å². The first-order chi connectivity index (χ1) is 17.2. The number of halogens is 1. The first-order valence-electron chi connectivity index (χ1n) is 11.5. The van der Waals surface area contributed by atoms with Crippen LogP contribution in [0.2, 0.25) is 0 Å². The van der Waals surface area contributed by atoms with Crippen LogP contribution < -0.4 is 5.32 Å². The van der Waals surface area contributed by atoms with Crippen LogP contribution in [-0.2, 0) is 22.8 Å². The molecule has 184 valence electrons. The molecule has 0 radical (unpaired) electrons. The number of aromatic nitrogens is 2. The van der Waals surface area contributed by atoms with E-state index in [9.17, 15) is 17.6 Å². The van der Waals surface area contributed by atoms with E-state index in [4.69, 9.17) is 0 Å². The van der Waals surface area contributed by atoms with Gasteiger partial charge >= 0.3 is 0 Å². The van der Waals surface area contributed by atoms with E-state index < -0.39 is 26.9 Å². The number of allylic oxidation sites excluding steroid dienone is 3. The number of H-pyrrole nitrogens is 1. The quantitative estimate of drug-likeness (QED) is 0.532. The predicted molar refractivity (Wildman–Crippen MR) is 138 cm³/mol. The first kappa shape index (κ1) is 23.9. The van der Waals surface area contributed by atoms with Crippen molar-refractivity contribution in [3.05, 3.63) is 100 Å². The third-order valence-electron chi connectivity index (χ3n) is 6.33. The van der Waals surface area contributed by atoms with Gasteiger partial charge in [0.1, 0.15) is 11.1 Å². The molecule has 0 saturated carbocycles. The van der Waals surface area contributed by atoms with Crippen molar-refractivity contribution in [2.75, 3.05) is 6.26 Å². The Hall–Kier alpha value is -3.85. The summed E-state index contributed by atoms with van der Waals surface area (Å²) in [4.78, 5) is 24.6. The van der Waals surface area contributed by atoms with Crippen molar-refractivity contribution in [3.63, 3.8) is 0 Å². The number of nitrogens with zero attached hydrogens (tertiary/aromatic N) is 2. The van der Waals surface area contributed by atoms with Crippen LogP contribution in [0.3, 0.4) is 0 Å². The van der Waals surface area contributed by atoms with Crippen LogP contribution in [0.1, 0.15) is 28.5 Å². The standard InChI is InChI=1S/C27H25FN4O3S/c1-16-7-20-8-17(10-25(36(2,34)35)26(20)31-14-16)9-22-12-19(4-5-29-22)27(33)32-15-21-11-18-3-6-30-24(18)13-23(21)28/h3-8,10-14,25-26,30H,9,15H2,1-2H3,(H,32,33). The van der Waals surface area contributed by atoms with Gasteiger partial charge in [-0.2, -0.15) is 0 Å². The van der Waals surface area contributed by atoms with Gasteiger partial charge in [-0.3, -0.25) is 14.8 Å². The molecule has 1 aliphatic heterocycles. The summed E-state index contributed by atoms with van der Waals surface area (Å²) in [7, 11) is -3.39. The molecule has 0 spiro atoms. The van der Waals surface area contributed by atoms with Crippen LogP contribution in [-0.4, -0.2) is 48.1 Å². The summed E-state index contributed by atoms with van der Waals surface area (Å²) in [5.74, 6) is -0.745. The summed E-state index contributed by atoms with van der Waals surface area (Å²) in [5.41, 5.74) is 4.70. The number of amides is 1. The second kappa shape index (κ2) is 9.31. The number of hydrogen-bond donors (Lipinski definition) is 2. The summed E-state index contributed by atoms with van der Waals surface area (Å²) in [6, 6.07) is 7.77. The molecule has 0 fully saturated rings. The zero-order valence-electron chi connectivity index (χ0n) is 19.8. The minimum Gasteiger partial charge on any atom is -0.361 e. The Labute approximate surface area is 208 Å². The number of hydrogen-bond acceptors (Lipinski definition) is 5. The number of sulfone groups is 1. The lowest BCUT2D eigenvalue weighted by atomic mass is 9.89. The topological polar surface area (TPSA) is 104 Å². The second-order valence-electron chi connectivity index (χ2n) is 9.20. The molecule has 1 amide bonds. The summed E-state index contributed by atoms with van der Waals surface area (Å²) in [6.07, 6.45) is 12.2. The Kier molecular flexibility index (Phi) is 6.17. The Morgan fingerprint density at radius 3 is 2.83 bits per heavy atom. The third kappa shape index (κ3) is 4.92. The Balaban J connectivity index is 1.33. The number of carbonyl (C=O) groups is 1. The fraction of sp³-hybridized carbons (Fsp3) is 0.222. The molecule has 2 aliphatic rings. The zero-order chi connectivity index (χ0) is 25.4. The van der Waals surface area contributed by atoms with Crippen molar-refractivity contribution in [3.8, 4) is 0 Å². The number of aliphatic imine (C=N–C) groups is 1. The fourth-order valence-electron chi connectivity index (χ4n) is 4.56. The average Bonchev–Trinajstić information content (AvgIpc) is 3.28. The van der Waals surface area contributed by atoms with Gasteiger partial charge in [0, 0.05) is 60.2 Å². The number of pyridine rings is 1. The minimum absolute atomic E-state index is 0.0460. The van der Waals surface area contributed by atoms with E-state index in [2.05, 4.69) is 20.3 Å². The molecule has 2 aromatic heterocycles. The van der Waals surface area contributed by atoms with Crippen LogP contribution in [0, 0.1) is 5.82 Å². The molecular weight excluding hydrogens is 479 g/mol. The van der Waals surface area contributed by atoms with Crippen molar-refractivity contribution in [2.45, 2.75) is 31.2 Å². The van der Waals surface area contributed by atoms with Crippen molar-refractivity contribution >= 4 is 32.9 Å². The molecule has 0 saturated heterocycles. The van der Waals surface area contributed by atoms with E-state index in [0.29, 0.717) is 28.8 Å². The molecule has 3 heterocycles. The lowest BCUT2D eigenvalue weighted by molar-refractivity contribution is 0.0950. The smallest absolute Gasteiger partial charge is 0.251 e. The molecule has 5 rings (SSSR count). The highest BCUT2D eigenvalue weighted by Crippen LogP contribution is 2.30. The second-order valence-corrected chi connectivity index (χ2v) is 11.4. The molecule has 3 aromatic rings. The van der Waals surface area contributed by atoms with Gasteiger partial charge in [-0.15, -0.1) is 0 Å². The molecule has 2 atom stereocenters. The molecular formula is C27H25FN4O3S. The molecule has 0 bridgehead atoms. The van der Waals surface area contributed by atoms with Crippen LogP contribution >= 0.6 is 0 Å². The van der Waals surface area contributed by atoms with Gasteiger partial charge in [0.2, 0.25) is 0 Å². The van der Waals surface area contributed by atoms with Crippen molar-refractivity contribution in [2.24, 2.45) is 4.99 Å². The maximum Gasteiger partial charge on any atom is 0.251 e. The highest BCUT2D eigenvalue weighted by Gasteiger charge is 2.34. The third-order valence-corrected chi connectivity index (χ3v) is 7.72. The van der Waals surface area contributed by atoms with E-state index in [0.717, 1.165) is 22.1 Å². The average molecular weight is 505 g/mol. The highest BCUT2D eigenvalue weighted by atomic mass is 32.2. The SMILES string of the molecule is CC1=CC2=CC(Cc3cc(C(=O)NCc4cc5cc[nH]c5cc4F)ccn3)=CC(S(C)(=O)=O)C2N=C1. The highest BCUT2D eigenvalue weighted by molar-refractivity contribution is 7.91. The maximum atomic E-state index is 14.4. The van der Waals surface area contributed by atoms with Crippen molar-refractivity contribution in [1.29, 1.82) is 0 Å². The normalized spacial score (nSPS) is 19.4. The number of carbonyl (C=O) groups excluding carboxylic acids is 1. The number of aromatic amines is 1. The number of dihydropyridines is 1. The van der Waals surface area contributed by atoms with Crippen LogP contribution in [0.5, 0.6) is 0 Å². The fourth-order valence-corrected chi connectivity index (χ4v) is 5.68. The largest absolute Gasteiger partial charge is 0.361 e. The molecule has 1 aromatic carbocycles. The van der Waals surface area contributed by atoms with E-state index in [1.165, 1.54) is 12.3 Å². The van der Waals surface area contributed by atoms with E-state index in [1.54, 1.807) is 42.9 Å². The number of fused-ring (bicyclic) bond motifs is 2. The van der Waals surface area contributed by atoms with E-state index in [1.807, 2.05) is 25.1 Å². The maximum absolute atomic E-state index is 14.4. The zero-order valence-corrected chi connectivity index (χ0v) is 20.6. The number of benzene rings is 1. The van der Waals surface area contributed by atoms with Gasteiger partial charge in [0.05, 0.1) is 6.04 Å². The molecule has 2 N–H and O–H groups in total. The molecule has 1 aliphatic carbocycles. The van der Waals surface area contributed by atoms with Gasteiger partial charge < -0.3 is 10.3 Å². The lowest BCUT2D eigenvalue weighted by Gasteiger charge is -2.28. The summed E-state index contributed by atoms with van der Waals surface area (Å²) >= 11 is 0. The molecule has 36 heavy (non-hydrogen) atoms. The number of rotatable bonds is 6. The Morgan fingerprint density at radius 2 is 2.03 bits per heavy atom. The van der Waals surface area contributed by atoms with E-state index >= 15 is 0 Å². The van der Waals surface area contributed by atoms with Gasteiger partial charge in [-0.05, 0) is 59.4 Å². The summed E-state index contributed by atoms with van der Waals surface area (Å²) in [5, 5.41) is 2.87. The van der Waals surface area contributed by atoms with Crippen LogP contribution in [0.15, 0.2) is 82.7 Å². The monoisotopic (exact) mass is 504 g/mol. The predicted octanol–water partition coefficient (Wildman–Crippen LogP) is 3.85. The summed E-state index contributed by atoms with van der Waals surface area (Å²) in [6.45, 7) is 1.96. The van der Waals surface area contributed by atoms with Gasteiger partial charge in [-0.25, -0.2) is 12.8 Å². The summed E-state index contributed by atoms with van der Waals surface area (Å²) < 4.78 is 39.3. The van der Waals surface area contributed by atoms with Gasteiger partial charge in [0.25, 0.3) is 5.91 Å². The van der Waals surface area contributed by atoms with Crippen LogP contribution in [0.25, 0.3) is 10.9 Å².